The highest BCUT2D eigenvalue weighted by atomic mass is 32.2. The zero-order chi connectivity index (χ0) is 28.4. The van der Waals surface area contributed by atoms with Gasteiger partial charge in [0.1, 0.15) is 12.6 Å². The second-order valence-electron chi connectivity index (χ2n) is 9.68. The van der Waals surface area contributed by atoms with Gasteiger partial charge in [0.2, 0.25) is 11.8 Å². The number of hydrogen-bond acceptors (Lipinski definition) is 4. The summed E-state index contributed by atoms with van der Waals surface area (Å²) < 4.78 is 28.9. The third kappa shape index (κ3) is 7.69. The summed E-state index contributed by atoms with van der Waals surface area (Å²) in [6.07, 6.45) is 1.70. The number of amides is 2. The molecule has 0 heterocycles. The van der Waals surface area contributed by atoms with Crippen molar-refractivity contribution in [3.05, 3.63) is 96.1 Å². The van der Waals surface area contributed by atoms with Gasteiger partial charge in [-0.15, -0.1) is 0 Å². The number of carbonyl (C=O) groups excluding carboxylic acids is 2. The monoisotopic (exact) mass is 549 g/mol. The SMILES string of the molecule is CC[C@@H](C)NC(=O)[C@@H](CC)N(CCc1ccccc1)C(=O)CN(c1ccccc1C)S(=O)(=O)c1ccccc1. The molecule has 0 saturated heterocycles. The van der Waals surface area contributed by atoms with E-state index in [1.807, 2.05) is 70.2 Å². The largest absolute Gasteiger partial charge is 0.352 e. The van der Waals surface area contributed by atoms with E-state index in [-0.39, 0.29) is 23.4 Å². The highest BCUT2D eigenvalue weighted by molar-refractivity contribution is 7.92. The summed E-state index contributed by atoms with van der Waals surface area (Å²) in [6, 6.07) is 24.2. The van der Waals surface area contributed by atoms with E-state index in [1.54, 1.807) is 30.3 Å². The van der Waals surface area contributed by atoms with E-state index in [9.17, 15) is 18.0 Å². The number of rotatable bonds is 13. The summed E-state index contributed by atoms with van der Waals surface area (Å²) in [5.74, 6) is -0.665. The topological polar surface area (TPSA) is 86.8 Å². The molecule has 0 radical (unpaired) electrons. The second-order valence-corrected chi connectivity index (χ2v) is 11.5. The van der Waals surface area contributed by atoms with Gasteiger partial charge in [0, 0.05) is 12.6 Å². The molecule has 208 valence electrons. The molecule has 0 aromatic heterocycles. The van der Waals surface area contributed by atoms with Gasteiger partial charge in [-0.25, -0.2) is 8.42 Å². The predicted molar refractivity (Wildman–Crippen MR) is 156 cm³/mol. The van der Waals surface area contributed by atoms with E-state index >= 15 is 0 Å². The summed E-state index contributed by atoms with van der Waals surface area (Å²) >= 11 is 0. The number of carbonyl (C=O) groups is 2. The summed E-state index contributed by atoms with van der Waals surface area (Å²) in [4.78, 5) is 29.0. The van der Waals surface area contributed by atoms with Gasteiger partial charge in [-0.3, -0.25) is 13.9 Å². The summed E-state index contributed by atoms with van der Waals surface area (Å²) in [7, 11) is -4.06. The smallest absolute Gasteiger partial charge is 0.264 e. The van der Waals surface area contributed by atoms with Gasteiger partial charge in [-0.2, -0.15) is 0 Å². The van der Waals surface area contributed by atoms with Crippen molar-refractivity contribution in [1.82, 2.24) is 10.2 Å². The fourth-order valence-electron chi connectivity index (χ4n) is 4.41. The lowest BCUT2D eigenvalue weighted by Crippen LogP contribution is -2.54. The Balaban J connectivity index is 2.00. The fourth-order valence-corrected chi connectivity index (χ4v) is 5.91. The molecule has 0 aliphatic rings. The standard InChI is InChI=1S/C31H39N3O4S/c1-5-25(4)32-31(36)28(6-2)33(22-21-26-16-9-7-10-17-26)30(35)23-34(29-20-14-13-15-24(29)3)39(37,38)27-18-11-8-12-19-27/h7-20,25,28H,5-6,21-23H2,1-4H3,(H,32,36)/t25-,28-/m1/s1. The minimum atomic E-state index is -4.06. The molecule has 2 amide bonds. The van der Waals surface area contributed by atoms with Crippen LogP contribution >= 0.6 is 0 Å². The van der Waals surface area contributed by atoms with Gasteiger partial charge in [-0.1, -0.05) is 80.6 Å². The number of hydrogen-bond donors (Lipinski definition) is 1. The number of nitrogens with zero attached hydrogens (tertiary/aromatic N) is 2. The number of aryl methyl sites for hydroxylation is 1. The Kier molecular flexibility index (Phi) is 10.7. The minimum absolute atomic E-state index is 0.0421. The normalized spacial score (nSPS) is 12.8. The predicted octanol–water partition coefficient (Wildman–Crippen LogP) is 4.95. The Morgan fingerprint density at radius 1 is 0.846 bits per heavy atom. The lowest BCUT2D eigenvalue weighted by molar-refractivity contribution is -0.139. The quantitative estimate of drug-likeness (QED) is 0.327. The van der Waals surface area contributed by atoms with Crippen LogP contribution in [0.4, 0.5) is 5.69 Å². The maximum atomic E-state index is 14.0. The van der Waals surface area contributed by atoms with Gasteiger partial charge < -0.3 is 10.2 Å². The van der Waals surface area contributed by atoms with Gasteiger partial charge in [-0.05, 0) is 62.4 Å². The molecule has 2 atom stereocenters. The fraction of sp³-hybridized carbons (Fsp3) is 0.355. The first kappa shape index (κ1) is 29.9. The maximum Gasteiger partial charge on any atom is 0.264 e. The molecule has 0 aliphatic heterocycles. The molecule has 8 heteroatoms. The average molecular weight is 550 g/mol. The van der Waals surface area contributed by atoms with Crippen LogP contribution in [0.2, 0.25) is 0 Å². The molecule has 0 unspecified atom stereocenters. The lowest BCUT2D eigenvalue weighted by Gasteiger charge is -2.34. The van der Waals surface area contributed by atoms with Crippen LogP contribution in [0.5, 0.6) is 0 Å². The maximum absolute atomic E-state index is 14.0. The average Bonchev–Trinajstić information content (AvgIpc) is 2.95. The van der Waals surface area contributed by atoms with Gasteiger partial charge >= 0.3 is 0 Å². The molecule has 0 fully saturated rings. The van der Waals surface area contributed by atoms with E-state index in [4.69, 9.17) is 0 Å². The molecule has 3 aromatic rings. The summed E-state index contributed by atoms with van der Waals surface area (Å²) in [5, 5.41) is 3.00. The van der Waals surface area contributed by atoms with Crippen LogP contribution in [0.15, 0.2) is 89.8 Å². The van der Waals surface area contributed by atoms with Crippen molar-refractivity contribution in [2.75, 3.05) is 17.4 Å². The first-order valence-corrected chi connectivity index (χ1v) is 14.9. The van der Waals surface area contributed by atoms with Crippen molar-refractivity contribution < 1.29 is 18.0 Å². The van der Waals surface area contributed by atoms with Crippen molar-refractivity contribution in [3.8, 4) is 0 Å². The third-order valence-corrected chi connectivity index (χ3v) is 8.64. The van der Waals surface area contributed by atoms with E-state index in [2.05, 4.69) is 5.32 Å². The number of anilines is 1. The Hall–Kier alpha value is -3.65. The molecule has 39 heavy (non-hydrogen) atoms. The summed E-state index contributed by atoms with van der Waals surface area (Å²) in [5.41, 5.74) is 2.18. The number of para-hydroxylation sites is 1. The number of sulfonamides is 1. The molecule has 3 rings (SSSR count). The van der Waals surface area contributed by atoms with Crippen molar-refractivity contribution >= 4 is 27.5 Å². The minimum Gasteiger partial charge on any atom is -0.352 e. The van der Waals surface area contributed by atoms with E-state index in [0.29, 0.717) is 18.5 Å². The molecular formula is C31H39N3O4S. The second kappa shape index (κ2) is 13.9. The highest BCUT2D eigenvalue weighted by Crippen LogP contribution is 2.27. The van der Waals surface area contributed by atoms with E-state index in [1.165, 1.54) is 17.0 Å². The van der Waals surface area contributed by atoms with Crippen LogP contribution < -0.4 is 9.62 Å². The van der Waals surface area contributed by atoms with Crippen LogP contribution in [0.1, 0.15) is 44.7 Å². The van der Waals surface area contributed by atoms with Gasteiger partial charge in [0.25, 0.3) is 10.0 Å². The van der Waals surface area contributed by atoms with Crippen molar-refractivity contribution in [1.29, 1.82) is 0 Å². The summed E-state index contributed by atoms with van der Waals surface area (Å²) in [6.45, 7) is 7.44. The molecule has 0 spiro atoms. The van der Waals surface area contributed by atoms with Crippen LogP contribution in [0.3, 0.4) is 0 Å². The number of benzene rings is 3. The molecule has 0 bridgehead atoms. The third-order valence-electron chi connectivity index (χ3n) is 6.87. The Morgan fingerprint density at radius 3 is 2.03 bits per heavy atom. The molecule has 0 saturated carbocycles. The zero-order valence-corrected chi connectivity index (χ0v) is 24.0. The molecular weight excluding hydrogens is 510 g/mol. The van der Waals surface area contributed by atoms with Crippen LogP contribution in [0, 0.1) is 6.92 Å². The van der Waals surface area contributed by atoms with E-state index < -0.39 is 28.5 Å². The molecule has 3 aromatic carbocycles. The van der Waals surface area contributed by atoms with Crippen LogP contribution in [-0.2, 0) is 26.0 Å². The lowest BCUT2D eigenvalue weighted by atomic mass is 10.1. The Bertz CT molecular complexity index is 1330. The van der Waals surface area contributed by atoms with Crippen molar-refractivity contribution in [2.45, 2.75) is 63.9 Å². The highest BCUT2D eigenvalue weighted by Gasteiger charge is 2.34. The van der Waals surface area contributed by atoms with Crippen molar-refractivity contribution in [2.24, 2.45) is 0 Å². The van der Waals surface area contributed by atoms with E-state index in [0.717, 1.165) is 21.9 Å². The Labute approximate surface area is 232 Å². The first-order chi connectivity index (χ1) is 18.7. The Morgan fingerprint density at radius 2 is 1.44 bits per heavy atom. The number of nitrogens with one attached hydrogen (secondary N) is 1. The molecule has 0 aliphatic carbocycles. The van der Waals surface area contributed by atoms with Gasteiger partial charge in [0.15, 0.2) is 0 Å². The zero-order valence-electron chi connectivity index (χ0n) is 23.2. The van der Waals surface area contributed by atoms with Crippen LogP contribution in [-0.4, -0.2) is 50.3 Å². The van der Waals surface area contributed by atoms with Crippen molar-refractivity contribution in [3.63, 3.8) is 0 Å². The molecule has 1 N–H and O–H groups in total. The van der Waals surface area contributed by atoms with Gasteiger partial charge in [0.05, 0.1) is 10.6 Å². The van der Waals surface area contributed by atoms with Crippen LogP contribution in [0.25, 0.3) is 0 Å². The first-order valence-electron chi connectivity index (χ1n) is 13.5. The molecule has 7 nitrogen and oxygen atoms in total.